The predicted molar refractivity (Wildman–Crippen MR) is 64.9 cm³/mol. The summed E-state index contributed by atoms with van der Waals surface area (Å²) in [4.78, 5) is 10.0. The molecular formula is C10H10F3N3O3S. The molecule has 6 nitrogen and oxygen atoms in total. The van der Waals surface area contributed by atoms with Gasteiger partial charge in [-0.05, 0) is 18.2 Å². The third-order valence-electron chi connectivity index (χ3n) is 2.11. The second kappa shape index (κ2) is 5.49. The first-order valence-electron chi connectivity index (χ1n) is 5.01. The molecule has 0 aliphatic rings. The van der Waals surface area contributed by atoms with E-state index in [-0.39, 0.29) is 10.5 Å². The monoisotopic (exact) mass is 309 g/mol. The van der Waals surface area contributed by atoms with Crippen LogP contribution in [-0.2, 0) is 16.0 Å². The third kappa shape index (κ3) is 4.23. The molecule has 0 atom stereocenters. The second-order valence-electron chi connectivity index (χ2n) is 3.76. The van der Waals surface area contributed by atoms with Gasteiger partial charge >= 0.3 is 12.2 Å². The van der Waals surface area contributed by atoms with Crippen LogP contribution in [0.25, 0.3) is 0 Å². The van der Waals surface area contributed by atoms with Gasteiger partial charge in [-0.2, -0.15) is 18.3 Å². The molecule has 0 bridgehead atoms. The van der Waals surface area contributed by atoms with E-state index in [0.717, 1.165) is 18.5 Å². The molecule has 110 valence electrons. The average molecular weight is 309 g/mol. The number of rotatable bonds is 3. The molecule has 1 aromatic carbocycles. The number of benzene rings is 1. The molecule has 0 aliphatic carbocycles. The zero-order valence-electron chi connectivity index (χ0n) is 10.1. The normalized spacial score (nSPS) is 12.6. The molecule has 3 N–H and O–H groups in total. The van der Waals surface area contributed by atoms with Crippen LogP contribution in [0.5, 0.6) is 0 Å². The van der Waals surface area contributed by atoms with E-state index < -0.39 is 27.6 Å². The van der Waals surface area contributed by atoms with Crippen molar-refractivity contribution in [3.05, 3.63) is 29.3 Å². The van der Waals surface area contributed by atoms with E-state index in [1.54, 1.807) is 5.43 Å². The van der Waals surface area contributed by atoms with Crippen LogP contribution < -0.4 is 11.2 Å². The van der Waals surface area contributed by atoms with Gasteiger partial charge in [-0.25, -0.2) is 18.6 Å². The van der Waals surface area contributed by atoms with Crippen LogP contribution in [0.2, 0.25) is 0 Å². The Morgan fingerprint density at radius 3 is 2.45 bits per heavy atom. The molecule has 10 heteroatoms. The largest absolute Gasteiger partial charge is 0.416 e. The van der Waals surface area contributed by atoms with Crippen molar-refractivity contribution in [3.63, 3.8) is 0 Å². The number of nitrogens with two attached hydrogens (primary N) is 1. The van der Waals surface area contributed by atoms with Crippen LogP contribution in [0.4, 0.5) is 18.0 Å². The molecule has 0 fully saturated rings. The Labute approximate surface area is 112 Å². The number of halogens is 3. The van der Waals surface area contributed by atoms with E-state index in [2.05, 4.69) is 5.10 Å². The van der Waals surface area contributed by atoms with Crippen LogP contribution in [-0.4, -0.2) is 26.9 Å². The molecule has 0 unspecified atom stereocenters. The van der Waals surface area contributed by atoms with Crippen molar-refractivity contribution in [1.29, 1.82) is 0 Å². The molecule has 0 spiro atoms. The quantitative estimate of drug-likeness (QED) is 0.646. The summed E-state index contributed by atoms with van der Waals surface area (Å²) < 4.78 is 60.6. The van der Waals surface area contributed by atoms with Gasteiger partial charge in [0.25, 0.3) is 0 Å². The molecule has 2 amide bonds. The third-order valence-corrected chi connectivity index (χ3v) is 3.29. The van der Waals surface area contributed by atoms with Crippen LogP contribution >= 0.6 is 0 Å². The van der Waals surface area contributed by atoms with Gasteiger partial charge in [0.15, 0.2) is 9.84 Å². The predicted octanol–water partition coefficient (Wildman–Crippen LogP) is 1.11. The van der Waals surface area contributed by atoms with Gasteiger partial charge < -0.3 is 5.73 Å². The van der Waals surface area contributed by atoms with Gasteiger partial charge in [0, 0.05) is 11.8 Å². The Bertz CT molecular complexity index is 653. The van der Waals surface area contributed by atoms with Gasteiger partial charge in [0.2, 0.25) is 0 Å². The van der Waals surface area contributed by atoms with Crippen molar-refractivity contribution in [2.45, 2.75) is 11.1 Å². The fourth-order valence-corrected chi connectivity index (χ4v) is 2.18. The summed E-state index contributed by atoms with van der Waals surface area (Å²) in [6, 6.07) is 1.05. The first kappa shape index (κ1) is 16.0. The van der Waals surface area contributed by atoms with Crippen LogP contribution in [0.1, 0.15) is 11.1 Å². The lowest BCUT2D eigenvalue weighted by Crippen LogP contribution is -2.24. The van der Waals surface area contributed by atoms with Crippen molar-refractivity contribution in [1.82, 2.24) is 5.43 Å². The van der Waals surface area contributed by atoms with Crippen LogP contribution in [0.15, 0.2) is 28.2 Å². The van der Waals surface area contributed by atoms with Gasteiger partial charge in [-0.1, -0.05) is 0 Å². The van der Waals surface area contributed by atoms with Crippen molar-refractivity contribution in [2.75, 3.05) is 6.26 Å². The first-order chi connectivity index (χ1) is 9.01. The lowest BCUT2D eigenvalue weighted by Gasteiger charge is -2.10. The summed E-state index contributed by atoms with van der Waals surface area (Å²) in [5.74, 6) is 0. The number of amides is 2. The van der Waals surface area contributed by atoms with Crippen LogP contribution in [0.3, 0.4) is 0 Å². The highest BCUT2D eigenvalue weighted by atomic mass is 32.2. The summed E-state index contributed by atoms with van der Waals surface area (Å²) in [6.07, 6.45) is -3.01. The molecule has 0 saturated carbocycles. The number of urea groups is 1. The summed E-state index contributed by atoms with van der Waals surface area (Å²) in [7, 11) is -3.75. The highest BCUT2D eigenvalue weighted by Gasteiger charge is 2.31. The van der Waals surface area contributed by atoms with Crippen molar-refractivity contribution < 1.29 is 26.4 Å². The minimum Gasteiger partial charge on any atom is -0.350 e. The Morgan fingerprint density at radius 2 is 2.00 bits per heavy atom. The maximum Gasteiger partial charge on any atom is 0.416 e. The van der Waals surface area contributed by atoms with E-state index in [4.69, 9.17) is 5.73 Å². The molecule has 0 aromatic heterocycles. The Kier molecular flexibility index (Phi) is 4.38. The van der Waals surface area contributed by atoms with Crippen molar-refractivity contribution >= 4 is 22.1 Å². The Morgan fingerprint density at radius 1 is 1.40 bits per heavy atom. The summed E-state index contributed by atoms with van der Waals surface area (Å²) >= 11 is 0. The Hall–Kier alpha value is -2.10. The average Bonchev–Trinajstić information content (AvgIpc) is 2.25. The van der Waals surface area contributed by atoms with Gasteiger partial charge in [0.1, 0.15) is 0 Å². The molecule has 1 aromatic rings. The number of carbonyl (C=O) groups excluding carboxylic acids is 1. The zero-order valence-corrected chi connectivity index (χ0v) is 10.9. The Balaban J connectivity index is 3.34. The fraction of sp³-hybridized carbons (Fsp3) is 0.200. The molecular weight excluding hydrogens is 299 g/mol. The highest BCUT2D eigenvalue weighted by Crippen LogP contribution is 2.31. The van der Waals surface area contributed by atoms with Crippen molar-refractivity contribution in [3.8, 4) is 0 Å². The maximum atomic E-state index is 12.6. The molecule has 0 radical (unpaired) electrons. The number of nitrogens with one attached hydrogen (secondary N) is 1. The number of hydrogen-bond acceptors (Lipinski definition) is 4. The maximum absolute atomic E-state index is 12.6. The molecule has 20 heavy (non-hydrogen) atoms. The topological polar surface area (TPSA) is 102 Å². The van der Waals surface area contributed by atoms with E-state index in [0.29, 0.717) is 12.1 Å². The summed E-state index contributed by atoms with van der Waals surface area (Å²) in [6.45, 7) is 0. The number of primary amides is 1. The second-order valence-corrected chi connectivity index (χ2v) is 5.74. The number of carbonyl (C=O) groups is 1. The summed E-state index contributed by atoms with van der Waals surface area (Å²) in [5.41, 5.74) is 5.13. The van der Waals surface area contributed by atoms with E-state index in [1.807, 2.05) is 0 Å². The molecule has 0 heterocycles. The van der Waals surface area contributed by atoms with E-state index >= 15 is 0 Å². The van der Waals surface area contributed by atoms with Gasteiger partial charge in [-0.15, -0.1) is 0 Å². The first-order valence-corrected chi connectivity index (χ1v) is 6.91. The highest BCUT2D eigenvalue weighted by molar-refractivity contribution is 7.90. The SMILES string of the molecule is CS(=O)(=O)c1ccc(C(F)(F)F)cc1C=NNC(N)=O. The smallest absolute Gasteiger partial charge is 0.350 e. The zero-order chi connectivity index (χ0) is 15.6. The number of nitrogens with zero attached hydrogens (tertiary/aromatic N) is 1. The molecule has 0 saturated heterocycles. The van der Waals surface area contributed by atoms with Gasteiger partial charge in [-0.3, -0.25) is 0 Å². The van der Waals surface area contributed by atoms with E-state index in [1.165, 1.54) is 0 Å². The van der Waals surface area contributed by atoms with E-state index in [9.17, 15) is 26.4 Å². The molecule has 1 rings (SSSR count). The number of hydrazone groups is 1. The van der Waals surface area contributed by atoms with Crippen molar-refractivity contribution in [2.24, 2.45) is 10.8 Å². The minimum atomic E-state index is -4.63. The summed E-state index contributed by atoms with van der Waals surface area (Å²) in [5, 5.41) is 3.26. The number of hydrogen-bond donors (Lipinski definition) is 2. The minimum absolute atomic E-state index is 0.309. The van der Waals surface area contributed by atoms with Gasteiger partial charge in [0.05, 0.1) is 16.7 Å². The van der Waals surface area contributed by atoms with Crippen LogP contribution in [0, 0.1) is 0 Å². The fourth-order valence-electron chi connectivity index (χ4n) is 1.33. The standard InChI is InChI=1S/C10H10F3N3O3S/c1-20(18,19)8-3-2-7(10(11,12)13)4-6(8)5-15-16-9(14)17/h2-5H,1H3,(H3,14,16,17). The molecule has 0 aliphatic heterocycles. The lowest BCUT2D eigenvalue weighted by atomic mass is 10.1. The number of alkyl halides is 3. The lowest BCUT2D eigenvalue weighted by molar-refractivity contribution is -0.137. The number of sulfone groups is 1.